The lowest BCUT2D eigenvalue weighted by Gasteiger charge is -1.89. The summed E-state index contributed by atoms with van der Waals surface area (Å²) in [6.07, 6.45) is 3.57. The molecule has 0 aliphatic rings. The van der Waals surface area contributed by atoms with Crippen LogP contribution in [0, 0.1) is 6.92 Å². The minimum Gasteiger partial charge on any atom is -0.454 e. The van der Waals surface area contributed by atoms with Crippen molar-refractivity contribution >= 4 is 22.1 Å². The maximum Gasteiger partial charge on any atom is 0.153 e. The second kappa shape index (κ2) is 2.54. The number of rotatable bonds is 0. The van der Waals surface area contributed by atoms with Crippen molar-refractivity contribution in [2.75, 3.05) is 0 Å². The van der Waals surface area contributed by atoms with Gasteiger partial charge >= 0.3 is 0 Å². The van der Waals surface area contributed by atoms with Crippen molar-refractivity contribution in [2.45, 2.75) is 6.92 Å². The second-order valence-electron chi connectivity index (χ2n) is 3.27. The van der Waals surface area contributed by atoms with Crippen molar-refractivity contribution < 1.29 is 4.42 Å². The van der Waals surface area contributed by atoms with Crippen LogP contribution in [0.1, 0.15) is 5.69 Å². The zero-order valence-electron chi connectivity index (χ0n) is 7.69. The quantitative estimate of drug-likeness (QED) is 0.539. The summed E-state index contributed by atoms with van der Waals surface area (Å²) >= 11 is 0. The van der Waals surface area contributed by atoms with Crippen LogP contribution < -0.4 is 0 Å². The van der Waals surface area contributed by atoms with Crippen LogP contribution in [-0.4, -0.2) is 9.97 Å². The Morgan fingerprint density at radius 2 is 2.14 bits per heavy atom. The Labute approximate surface area is 80.4 Å². The molecule has 0 unspecified atom stereocenters. The average Bonchev–Trinajstić information content (AvgIpc) is 2.54. The highest BCUT2D eigenvalue weighted by Gasteiger charge is 2.06. The van der Waals surface area contributed by atoms with Gasteiger partial charge in [-0.2, -0.15) is 0 Å². The van der Waals surface area contributed by atoms with E-state index < -0.39 is 0 Å². The van der Waals surface area contributed by atoms with E-state index in [1.165, 1.54) is 0 Å². The van der Waals surface area contributed by atoms with Crippen molar-refractivity contribution in [3.8, 4) is 0 Å². The molecule has 0 N–H and O–H groups in total. The van der Waals surface area contributed by atoms with E-state index in [9.17, 15) is 0 Å². The highest BCUT2D eigenvalue weighted by molar-refractivity contribution is 6.01. The molecule has 0 fully saturated rings. The van der Waals surface area contributed by atoms with Crippen LogP contribution in [-0.2, 0) is 0 Å². The summed E-state index contributed by atoms with van der Waals surface area (Å²) < 4.78 is 5.63. The van der Waals surface area contributed by atoms with Gasteiger partial charge in [0.05, 0.1) is 5.39 Å². The average molecular weight is 184 g/mol. The summed E-state index contributed by atoms with van der Waals surface area (Å²) in [6.45, 7) is 1.94. The third-order valence-corrected chi connectivity index (χ3v) is 2.25. The summed E-state index contributed by atoms with van der Waals surface area (Å²) in [7, 11) is 0. The Morgan fingerprint density at radius 1 is 1.21 bits per heavy atom. The second-order valence-corrected chi connectivity index (χ2v) is 3.27. The Bertz CT molecular complexity index is 613. The summed E-state index contributed by atoms with van der Waals surface area (Å²) in [5.41, 5.74) is 3.51. The molecule has 0 saturated heterocycles. The van der Waals surface area contributed by atoms with E-state index in [1.54, 1.807) is 6.20 Å². The predicted octanol–water partition coefficient (Wildman–Crippen LogP) is 2.68. The molecule has 0 aliphatic heterocycles. The normalized spacial score (nSPS) is 11.2. The predicted molar refractivity (Wildman–Crippen MR) is 54.0 cm³/mol. The fourth-order valence-corrected chi connectivity index (χ4v) is 1.59. The molecule has 0 spiro atoms. The SMILES string of the molecule is Cc1cc2oc3cccnc3c2cn1. The minimum absolute atomic E-state index is 0.815. The summed E-state index contributed by atoms with van der Waals surface area (Å²) in [5, 5.41) is 0.978. The molecule has 3 aromatic rings. The van der Waals surface area contributed by atoms with Crippen LogP contribution in [0.4, 0.5) is 0 Å². The van der Waals surface area contributed by atoms with Crippen molar-refractivity contribution in [3.63, 3.8) is 0 Å². The maximum atomic E-state index is 5.63. The molecule has 0 saturated carbocycles. The van der Waals surface area contributed by atoms with Crippen molar-refractivity contribution in [1.29, 1.82) is 0 Å². The number of hydrogen-bond acceptors (Lipinski definition) is 3. The molecule has 0 aliphatic carbocycles. The van der Waals surface area contributed by atoms with E-state index in [-0.39, 0.29) is 0 Å². The summed E-state index contributed by atoms with van der Waals surface area (Å²) in [4.78, 5) is 8.49. The number of furan rings is 1. The van der Waals surface area contributed by atoms with E-state index in [4.69, 9.17) is 4.42 Å². The third kappa shape index (κ3) is 0.923. The van der Waals surface area contributed by atoms with Crippen molar-refractivity contribution in [1.82, 2.24) is 9.97 Å². The molecule has 3 aromatic heterocycles. The highest BCUT2D eigenvalue weighted by Crippen LogP contribution is 2.25. The van der Waals surface area contributed by atoms with Gasteiger partial charge in [-0.05, 0) is 19.1 Å². The van der Waals surface area contributed by atoms with Crippen LogP contribution >= 0.6 is 0 Å². The van der Waals surface area contributed by atoms with Crippen LogP contribution in [0.3, 0.4) is 0 Å². The van der Waals surface area contributed by atoms with E-state index in [0.29, 0.717) is 0 Å². The zero-order valence-corrected chi connectivity index (χ0v) is 7.69. The topological polar surface area (TPSA) is 38.9 Å². The lowest BCUT2D eigenvalue weighted by molar-refractivity contribution is 0.667. The molecule has 0 atom stereocenters. The van der Waals surface area contributed by atoms with Gasteiger partial charge in [0.1, 0.15) is 11.1 Å². The molecule has 14 heavy (non-hydrogen) atoms. The van der Waals surface area contributed by atoms with Crippen LogP contribution in [0.25, 0.3) is 22.1 Å². The molecule has 3 heterocycles. The first kappa shape index (κ1) is 7.50. The first-order chi connectivity index (χ1) is 6.84. The Balaban J connectivity index is 2.57. The molecular formula is C11H8N2O. The number of pyridine rings is 2. The van der Waals surface area contributed by atoms with Gasteiger partial charge in [0, 0.05) is 24.2 Å². The molecule has 0 amide bonds. The van der Waals surface area contributed by atoms with Gasteiger partial charge in [-0.25, -0.2) is 0 Å². The lowest BCUT2D eigenvalue weighted by atomic mass is 10.2. The van der Waals surface area contributed by atoms with E-state index in [1.807, 2.05) is 31.3 Å². The number of aromatic nitrogens is 2. The van der Waals surface area contributed by atoms with Gasteiger partial charge < -0.3 is 4.42 Å². The van der Waals surface area contributed by atoms with Gasteiger partial charge in [-0.3, -0.25) is 9.97 Å². The van der Waals surface area contributed by atoms with Gasteiger partial charge in [-0.15, -0.1) is 0 Å². The molecule has 0 aromatic carbocycles. The standard InChI is InChI=1S/C11H8N2O/c1-7-5-10-8(6-13-7)11-9(14-10)3-2-4-12-11/h2-6H,1H3. The van der Waals surface area contributed by atoms with Gasteiger partial charge in [-0.1, -0.05) is 0 Å². The zero-order chi connectivity index (χ0) is 9.54. The first-order valence-corrected chi connectivity index (χ1v) is 4.44. The van der Waals surface area contributed by atoms with Gasteiger partial charge in [0.15, 0.2) is 5.58 Å². The number of nitrogens with zero attached hydrogens (tertiary/aromatic N) is 2. The highest BCUT2D eigenvalue weighted by atomic mass is 16.3. The van der Waals surface area contributed by atoms with Crippen LogP contribution in [0.5, 0.6) is 0 Å². The molecular weight excluding hydrogens is 176 g/mol. The molecule has 3 rings (SSSR count). The van der Waals surface area contributed by atoms with E-state index >= 15 is 0 Å². The van der Waals surface area contributed by atoms with Gasteiger partial charge in [0.2, 0.25) is 0 Å². The van der Waals surface area contributed by atoms with Crippen molar-refractivity contribution in [3.05, 3.63) is 36.3 Å². The number of fused-ring (bicyclic) bond motifs is 3. The smallest absolute Gasteiger partial charge is 0.153 e. The first-order valence-electron chi connectivity index (χ1n) is 4.44. The molecule has 3 nitrogen and oxygen atoms in total. The van der Waals surface area contributed by atoms with Crippen molar-refractivity contribution in [2.24, 2.45) is 0 Å². The largest absolute Gasteiger partial charge is 0.454 e. The number of hydrogen-bond donors (Lipinski definition) is 0. The third-order valence-electron chi connectivity index (χ3n) is 2.25. The maximum absolute atomic E-state index is 5.63. The van der Waals surface area contributed by atoms with E-state index in [2.05, 4.69) is 9.97 Å². The minimum atomic E-state index is 0.815. The number of aryl methyl sites for hydroxylation is 1. The van der Waals surface area contributed by atoms with Gasteiger partial charge in [0.25, 0.3) is 0 Å². The fourth-order valence-electron chi connectivity index (χ4n) is 1.59. The Kier molecular flexibility index (Phi) is 1.36. The molecule has 68 valence electrons. The van der Waals surface area contributed by atoms with Crippen LogP contribution in [0.2, 0.25) is 0 Å². The summed E-state index contributed by atoms with van der Waals surface area (Å²) in [5.74, 6) is 0. The van der Waals surface area contributed by atoms with Crippen LogP contribution in [0.15, 0.2) is 35.0 Å². The molecule has 0 radical (unpaired) electrons. The Morgan fingerprint density at radius 3 is 3.07 bits per heavy atom. The fraction of sp³-hybridized carbons (Fsp3) is 0.0909. The van der Waals surface area contributed by atoms with E-state index in [0.717, 1.165) is 27.8 Å². The molecule has 3 heteroatoms. The molecule has 0 bridgehead atoms. The lowest BCUT2D eigenvalue weighted by Crippen LogP contribution is -1.78. The monoisotopic (exact) mass is 184 g/mol. The summed E-state index contributed by atoms with van der Waals surface area (Å²) in [6, 6.07) is 5.71. The Hall–Kier alpha value is -1.90.